The van der Waals surface area contributed by atoms with E-state index in [2.05, 4.69) is 17.2 Å². The van der Waals surface area contributed by atoms with Gasteiger partial charge in [0.05, 0.1) is 5.69 Å². The molecule has 1 aliphatic rings. The number of hydrogen-bond acceptors (Lipinski definition) is 4. The lowest BCUT2D eigenvalue weighted by molar-refractivity contribution is 0.0925. The third-order valence-electron chi connectivity index (χ3n) is 4.69. The minimum absolute atomic E-state index is 0.0423. The van der Waals surface area contributed by atoms with Gasteiger partial charge in [-0.3, -0.25) is 4.79 Å². The highest BCUT2D eigenvalue weighted by Crippen LogP contribution is 2.36. The van der Waals surface area contributed by atoms with Gasteiger partial charge in [0.1, 0.15) is 0 Å². The van der Waals surface area contributed by atoms with Crippen molar-refractivity contribution in [1.29, 1.82) is 0 Å². The summed E-state index contributed by atoms with van der Waals surface area (Å²) < 4.78 is 0. The number of carbonyl (C=O) groups excluding carboxylic acids is 1. The summed E-state index contributed by atoms with van der Waals surface area (Å²) in [5.41, 5.74) is 8.77. The van der Waals surface area contributed by atoms with E-state index in [1.165, 1.54) is 4.88 Å². The second kappa shape index (κ2) is 6.71. The Kier molecular flexibility index (Phi) is 4.66. The van der Waals surface area contributed by atoms with Gasteiger partial charge in [0.15, 0.2) is 5.13 Å². The molecule has 4 nitrogen and oxygen atoms in total. The average Bonchev–Trinajstić information content (AvgIpc) is 2.87. The van der Waals surface area contributed by atoms with E-state index in [9.17, 15) is 4.79 Å². The molecule has 0 radical (unpaired) electrons. The van der Waals surface area contributed by atoms with Crippen molar-refractivity contribution >= 4 is 22.4 Å². The minimum atomic E-state index is 0.0423. The number of carbonyl (C=O) groups is 1. The monoisotopic (exact) mass is 329 g/mol. The van der Waals surface area contributed by atoms with Crippen LogP contribution < -0.4 is 11.1 Å². The number of aromatic nitrogens is 1. The molecule has 0 spiro atoms. The van der Waals surface area contributed by atoms with E-state index in [1.807, 2.05) is 31.2 Å². The lowest BCUT2D eigenvalue weighted by Crippen LogP contribution is -2.37. The summed E-state index contributed by atoms with van der Waals surface area (Å²) >= 11 is 1.57. The fourth-order valence-corrected chi connectivity index (χ4v) is 4.18. The van der Waals surface area contributed by atoms with Crippen molar-refractivity contribution in [3.63, 3.8) is 0 Å². The van der Waals surface area contributed by atoms with E-state index in [-0.39, 0.29) is 11.9 Å². The van der Waals surface area contributed by atoms with Gasteiger partial charge < -0.3 is 11.1 Å². The highest BCUT2D eigenvalue weighted by molar-refractivity contribution is 7.15. The number of nitrogens with zero attached hydrogens (tertiary/aromatic N) is 1. The average molecular weight is 329 g/mol. The number of anilines is 1. The Labute approximate surface area is 141 Å². The maximum atomic E-state index is 12.4. The van der Waals surface area contributed by atoms with Gasteiger partial charge in [0, 0.05) is 22.4 Å². The van der Waals surface area contributed by atoms with Gasteiger partial charge in [-0.2, -0.15) is 0 Å². The van der Waals surface area contributed by atoms with Crippen molar-refractivity contribution < 1.29 is 4.79 Å². The van der Waals surface area contributed by atoms with Crippen molar-refractivity contribution in [1.82, 2.24) is 10.3 Å². The van der Waals surface area contributed by atoms with Crippen molar-refractivity contribution in [2.75, 3.05) is 5.73 Å². The van der Waals surface area contributed by atoms with Crippen molar-refractivity contribution in [3.05, 3.63) is 46.0 Å². The molecule has 2 aromatic rings. The molecule has 5 heteroatoms. The Balaban J connectivity index is 1.58. The van der Waals surface area contributed by atoms with E-state index in [1.54, 1.807) is 11.3 Å². The summed E-state index contributed by atoms with van der Waals surface area (Å²) in [4.78, 5) is 18.1. The van der Waals surface area contributed by atoms with Crippen molar-refractivity contribution in [3.8, 4) is 0 Å². The van der Waals surface area contributed by atoms with Crippen LogP contribution in [0.3, 0.4) is 0 Å². The van der Waals surface area contributed by atoms with Crippen LogP contribution in [0.1, 0.15) is 58.1 Å². The summed E-state index contributed by atoms with van der Waals surface area (Å²) in [6.07, 6.45) is 4.11. The smallest absolute Gasteiger partial charge is 0.251 e. The predicted octanol–water partition coefficient (Wildman–Crippen LogP) is 3.80. The second-order valence-electron chi connectivity index (χ2n) is 6.33. The van der Waals surface area contributed by atoms with E-state index in [0.29, 0.717) is 11.0 Å². The van der Waals surface area contributed by atoms with Crippen LogP contribution >= 0.6 is 11.3 Å². The first-order valence-electron chi connectivity index (χ1n) is 8.14. The fourth-order valence-electron chi connectivity index (χ4n) is 3.41. The van der Waals surface area contributed by atoms with Crippen LogP contribution in [0.15, 0.2) is 24.3 Å². The van der Waals surface area contributed by atoms with E-state index < -0.39 is 0 Å². The van der Waals surface area contributed by atoms with Crippen LogP contribution in [-0.2, 0) is 0 Å². The predicted molar refractivity (Wildman–Crippen MR) is 94.9 cm³/mol. The Morgan fingerprint density at radius 3 is 2.52 bits per heavy atom. The fraction of sp³-hybridized carbons (Fsp3) is 0.444. The highest BCUT2D eigenvalue weighted by atomic mass is 32.1. The number of aryl methyl sites for hydroxylation is 2. The number of nitrogens with one attached hydrogen (secondary N) is 1. The molecule has 3 N–H and O–H groups in total. The first kappa shape index (κ1) is 16.0. The van der Waals surface area contributed by atoms with Crippen LogP contribution in [0, 0.1) is 13.8 Å². The zero-order chi connectivity index (χ0) is 16.4. The Morgan fingerprint density at radius 1 is 1.22 bits per heavy atom. The molecule has 1 fully saturated rings. The van der Waals surface area contributed by atoms with Gasteiger partial charge in [-0.1, -0.05) is 18.2 Å². The van der Waals surface area contributed by atoms with E-state index in [4.69, 9.17) is 5.73 Å². The topological polar surface area (TPSA) is 68.0 Å². The summed E-state index contributed by atoms with van der Waals surface area (Å²) in [5, 5.41) is 3.85. The van der Waals surface area contributed by atoms with Gasteiger partial charge in [-0.25, -0.2) is 4.98 Å². The van der Waals surface area contributed by atoms with Crippen LogP contribution in [0.25, 0.3) is 0 Å². The second-order valence-corrected chi connectivity index (χ2v) is 7.57. The van der Waals surface area contributed by atoms with Gasteiger partial charge >= 0.3 is 0 Å². The summed E-state index contributed by atoms with van der Waals surface area (Å²) in [6, 6.07) is 7.99. The van der Waals surface area contributed by atoms with Crippen LogP contribution in [0.4, 0.5) is 5.13 Å². The van der Waals surface area contributed by atoms with Gasteiger partial charge in [-0.15, -0.1) is 11.3 Å². The molecular formula is C18H23N3OS. The summed E-state index contributed by atoms with van der Waals surface area (Å²) in [7, 11) is 0. The Bertz CT molecular complexity index is 702. The number of hydrogen-bond donors (Lipinski definition) is 2. The van der Waals surface area contributed by atoms with Gasteiger partial charge in [0.25, 0.3) is 5.91 Å². The largest absolute Gasteiger partial charge is 0.375 e. The molecule has 0 aliphatic heterocycles. The molecule has 0 atom stereocenters. The van der Waals surface area contributed by atoms with Crippen LogP contribution in [0.2, 0.25) is 0 Å². The first-order valence-corrected chi connectivity index (χ1v) is 8.95. The molecule has 3 rings (SSSR count). The zero-order valence-electron chi connectivity index (χ0n) is 13.6. The van der Waals surface area contributed by atoms with Crippen LogP contribution in [-0.4, -0.2) is 16.9 Å². The molecule has 0 saturated heterocycles. The number of nitrogens with two attached hydrogens (primary N) is 1. The van der Waals surface area contributed by atoms with Crippen LogP contribution in [0.5, 0.6) is 0 Å². The first-order chi connectivity index (χ1) is 11.0. The maximum absolute atomic E-state index is 12.4. The number of thiazole rings is 1. The summed E-state index contributed by atoms with van der Waals surface area (Å²) in [6.45, 7) is 4.07. The van der Waals surface area contributed by atoms with E-state index >= 15 is 0 Å². The summed E-state index contributed by atoms with van der Waals surface area (Å²) in [5.74, 6) is 0.524. The Hall–Kier alpha value is -1.88. The van der Waals surface area contributed by atoms with Crippen molar-refractivity contribution in [2.24, 2.45) is 0 Å². The standard InChI is InChI=1S/C18H23N3OS/c1-11-5-3-4-6-15(11)17(22)20-14-9-7-13(8-10-14)16-12(2)23-18(19)21-16/h3-6,13-14H,7-10H2,1-2H3,(H2,19,21)(H,20,22). The maximum Gasteiger partial charge on any atom is 0.251 e. The van der Waals surface area contributed by atoms with Gasteiger partial charge in [-0.05, 0) is 51.2 Å². The highest BCUT2D eigenvalue weighted by Gasteiger charge is 2.26. The third-order valence-corrected chi connectivity index (χ3v) is 5.50. The molecule has 1 saturated carbocycles. The van der Waals surface area contributed by atoms with E-state index in [0.717, 1.165) is 42.5 Å². The SMILES string of the molecule is Cc1ccccc1C(=O)NC1CCC(c2nc(N)sc2C)CC1. The number of benzene rings is 1. The molecular weight excluding hydrogens is 306 g/mol. The lowest BCUT2D eigenvalue weighted by atomic mass is 9.83. The normalized spacial score (nSPS) is 21.1. The molecule has 122 valence electrons. The lowest BCUT2D eigenvalue weighted by Gasteiger charge is -2.28. The zero-order valence-corrected chi connectivity index (χ0v) is 14.5. The molecule has 1 aromatic carbocycles. The molecule has 0 unspecified atom stereocenters. The minimum Gasteiger partial charge on any atom is -0.375 e. The quantitative estimate of drug-likeness (QED) is 0.900. The number of rotatable bonds is 3. The molecule has 1 aliphatic carbocycles. The van der Waals surface area contributed by atoms with Crippen molar-refractivity contribution in [2.45, 2.75) is 51.5 Å². The molecule has 23 heavy (non-hydrogen) atoms. The molecule has 1 heterocycles. The molecule has 1 aromatic heterocycles. The molecule has 1 amide bonds. The number of nitrogen functional groups attached to an aromatic ring is 1. The Morgan fingerprint density at radius 2 is 1.91 bits per heavy atom. The third kappa shape index (κ3) is 3.55. The number of amides is 1. The molecule has 0 bridgehead atoms. The van der Waals surface area contributed by atoms with Gasteiger partial charge in [0.2, 0.25) is 0 Å².